The fourth-order valence-electron chi connectivity index (χ4n) is 2.89. The summed E-state index contributed by atoms with van der Waals surface area (Å²) < 4.78 is 11.1. The Morgan fingerprint density at radius 2 is 2.00 bits per heavy atom. The third-order valence-electron chi connectivity index (χ3n) is 3.86. The number of para-hydroxylation sites is 1. The zero-order valence-corrected chi connectivity index (χ0v) is 10.2. The molecule has 1 aromatic carbocycles. The second-order valence-electron chi connectivity index (χ2n) is 5.01. The summed E-state index contributed by atoms with van der Waals surface area (Å²) in [4.78, 5) is 11.4. The molecular formula is C14H17NO3. The zero-order chi connectivity index (χ0) is 12.4. The Bertz CT molecular complexity index is 426. The Kier molecular flexibility index (Phi) is 2.86. The highest BCUT2D eigenvalue weighted by atomic mass is 16.6. The largest absolute Gasteiger partial charge is 0.490 e. The third kappa shape index (κ3) is 2.03. The van der Waals surface area contributed by atoms with E-state index in [9.17, 15) is 4.79 Å². The SMILES string of the molecule is O=C1NC2(CCCC2)C(COc2ccccc2)O1. The van der Waals surface area contributed by atoms with Crippen molar-refractivity contribution >= 4 is 6.09 Å². The summed E-state index contributed by atoms with van der Waals surface area (Å²) >= 11 is 0. The molecule has 0 aromatic heterocycles. The standard InChI is InChI=1S/C14H17NO3/c16-13-15-14(8-4-5-9-14)12(18-13)10-17-11-6-2-1-3-7-11/h1-3,6-7,12H,4-5,8-10H2,(H,15,16). The van der Waals surface area contributed by atoms with Gasteiger partial charge in [0.15, 0.2) is 6.10 Å². The van der Waals surface area contributed by atoms with Crippen LogP contribution in [0.25, 0.3) is 0 Å². The molecule has 0 radical (unpaired) electrons. The molecule has 18 heavy (non-hydrogen) atoms. The normalized spacial score (nSPS) is 24.9. The predicted molar refractivity (Wildman–Crippen MR) is 66.5 cm³/mol. The molecule has 1 heterocycles. The van der Waals surface area contributed by atoms with E-state index in [0.717, 1.165) is 31.4 Å². The van der Waals surface area contributed by atoms with Crippen molar-refractivity contribution in [2.24, 2.45) is 0 Å². The van der Waals surface area contributed by atoms with Crippen LogP contribution in [-0.4, -0.2) is 24.3 Å². The number of ether oxygens (including phenoxy) is 2. The van der Waals surface area contributed by atoms with Gasteiger partial charge >= 0.3 is 6.09 Å². The number of benzene rings is 1. The van der Waals surface area contributed by atoms with Crippen molar-refractivity contribution in [2.45, 2.75) is 37.3 Å². The molecule has 2 fully saturated rings. The molecule has 1 saturated heterocycles. The lowest BCUT2D eigenvalue weighted by Crippen LogP contribution is -2.48. The van der Waals surface area contributed by atoms with E-state index in [1.165, 1.54) is 0 Å². The van der Waals surface area contributed by atoms with Gasteiger partial charge in [-0.1, -0.05) is 31.0 Å². The van der Waals surface area contributed by atoms with Crippen LogP contribution in [0.1, 0.15) is 25.7 Å². The number of cyclic esters (lactones) is 1. The van der Waals surface area contributed by atoms with Gasteiger partial charge in [-0.05, 0) is 25.0 Å². The summed E-state index contributed by atoms with van der Waals surface area (Å²) in [6.07, 6.45) is 3.78. The molecule has 1 saturated carbocycles. The van der Waals surface area contributed by atoms with Gasteiger partial charge in [-0.25, -0.2) is 4.79 Å². The van der Waals surface area contributed by atoms with E-state index in [2.05, 4.69) is 5.32 Å². The average molecular weight is 247 g/mol. The molecule has 1 unspecified atom stereocenters. The Morgan fingerprint density at radius 1 is 1.28 bits per heavy atom. The lowest BCUT2D eigenvalue weighted by molar-refractivity contribution is 0.0665. The van der Waals surface area contributed by atoms with E-state index in [1.54, 1.807) is 0 Å². The van der Waals surface area contributed by atoms with Gasteiger partial charge in [-0.3, -0.25) is 0 Å². The summed E-state index contributed by atoms with van der Waals surface area (Å²) in [6.45, 7) is 0.419. The van der Waals surface area contributed by atoms with Crippen LogP contribution in [-0.2, 0) is 4.74 Å². The molecule has 2 aliphatic rings. The Morgan fingerprint density at radius 3 is 2.72 bits per heavy atom. The predicted octanol–water partition coefficient (Wildman–Crippen LogP) is 2.49. The van der Waals surface area contributed by atoms with Crippen molar-refractivity contribution < 1.29 is 14.3 Å². The van der Waals surface area contributed by atoms with Crippen LogP contribution in [0, 0.1) is 0 Å². The molecule has 0 bridgehead atoms. The molecule has 4 nitrogen and oxygen atoms in total. The number of carbonyl (C=O) groups excluding carboxylic acids is 1. The lowest BCUT2D eigenvalue weighted by atomic mass is 9.92. The third-order valence-corrected chi connectivity index (χ3v) is 3.86. The van der Waals surface area contributed by atoms with Gasteiger partial charge in [-0.15, -0.1) is 0 Å². The van der Waals surface area contributed by atoms with Crippen molar-refractivity contribution in [1.29, 1.82) is 0 Å². The van der Waals surface area contributed by atoms with Crippen LogP contribution in [0.4, 0.5) is 4.79 Å². The summed E-state index contributed by atoms with van der Waals surface area (Å²) in [7, 11) is 0. The molecule has 1 spiro atoms. The van der Waals surface area contributed by atoms with E-state index in [0.29, 0.717) is 6.61 Å². The Hall–Kier alpha value is -1.71. The maximum Gasteiger partial charge on any atom is 0.408 e. The summed E-state index contributed by atoms with van der Waals surface area (Å²) in [6, 6.07) is 9.62. The molecular weight excluding hydrogens is 230 g/mol. The van der Waals surface area contributed by atoms with E-state index in [-0.39, 0.29) is 17.7 Å². The monoisotopic (exact) mass is 247 g/mol. The van der Waals surface area contributed by atoms with Crippen LogP contribution in [0.5, 0.6) is 5.75 Å². The number of amides is 1. The highest BCUT2D eigenvalue weighted by molar-refractivity contribution is 5.71. The quantitative estimate of drug-likeness (QED) is 0.892. The Balaban J connectivity index is 1.66. The molecule has 1 amide bonds. The van der Waals surface area contributed by atoms with Crippen molar-refractivity contribution in [3.63, 3.8) is 0 Å². The topological polar surface area (TPSA) is 47.6 Å². The van der Waals surface area contributed by atoms with Gasteiger partial charge in [0, 0.05) is 0 Å². The number of nitrogens with one attached hydrogen (secondary N) is 1. The second-order valence-corrected chi connectivity index (χ2v) is 5.01. The number of carbonyl (C=O) groups is 1. The van der Waals surface area contributed by atoms with E-state index in [4.69, 9.17) is 9.47 Å². The smallest absolute Gasteiger partial charge is 0.408 e. The first-order valence-corrected chi connectivity index (χ1v) is 6.45. The summed E-state index contributed by atoms with van der Waals surface area (Å²) in [5.41, 5.74) is -0.189. The lowest BCUT2D eigenvalue weighted by Gasteiger charge is -2.27. The first kappa shape index (κ1) is 11.4. The van der Waals surface area contributed by atoms with Gasteiger partial charge in [-0.2, -0.15) is 0 Å². The number of alkyl carbamates (subject to hydrolysis) is 1. The molecule has 3 rings (SSSR count). The minimum atomic E-state index is -0.307. The van der Waals surface area contributed by atoms with Crippen molar-refractivity contribution in [1.82, 2.24) is 5.32 Å². The fourth-order valence-corrected chi connectivity index (χ4v) is 2.89. The minimum absolute atomic E-state index is 0.173. The van der Waals surface area contributed by atoms with E-state index in [1.807, 2.05) is 30.3 Å². The summed E-state index contributed by atoms with van der Waals surface area (Å²) in [5.74, 6) is 0.814. The van der Waals surface area contributed by atoms with Crippen LogP contribution >= 0.6 is 0 Å². The summed E-state index contributed by atoms with van der Waals surface area (Å²) in [5, 5.41) is 2.97. The molecule has 1 N–H and O–H groups in total. The Labute approximate surface area is 106 Å². The minimum Gasteiger partial charge on any atom is -0.490 e. The maximum atomic E-state index is 11.4. The molecule has 1 aliphatic heterocycles. The number of hydrogen-bond donors (Lipinski definition) is 1. The molecule has 1 atom stereocenters. The average Bonchev–Trinajstić information content (AvgIpc) is 2.96. The second kappa shape index (κ2) is 4.52. The maximum absolute atomic E-state index is 11.4. The first-order valence-electron chi connectivity index (χ1n) is 6.45. The molecule has 96 valence electrons. The van der Waals surface area contributed by atoms with Crippen LogP contribution in [0.3, 0.4) is 0 Å². The zero-order valence-electron chi connectivity index (χ0n) is 10.2. The molecule has 1 aromatic rings. The molecule has 1 aliphatic carbocycles. The van der Waals surface area contributed by atoms with Crippen molar-refractivity contribution in [3.8, 4) is 5.75 Å². The number of hydrogen-bond acceptors (Lipinski definition) is 3. The fraction of sp³-hybridized carbons (Fsp3) is 0.500. The van der Waals surface area contributed by atoms with E-state index >= 15 is 0 Å². The van der Waals surface area contributed by atoms with Crippen molar-refractivity contribution in [3.05, 3.63) is 30.3 Å². The van der Waals surface area contributed by atoms with Crippen LogP contribution in [0.2, 0.25) is 0 Å². The number of rotatable bonds is 3. The molecule has 4 heteroatoms. The van der Waals surface area contributed by atoms with Crippen LogP contribution < -0.4 is 10.1 Å². The first-order chi connectivity index (χ1) is 8.78. The highest BCUT2D eigenvalue weighted by Gasteiger charge is 2.50. The van der Waals surface area contributed by atoms with Gasteiger partial charge in [0.05, 0.1) is 5.54 Å². The van der Waals surface area contributed by atoms with Crippen molar-refractivity contribution in [2.75, 3.05) is 6.61 Å². The van der Waals surface area contributed by atoms with Crippen LogP contribution in [0.15, 0.2) is 30.3 Å². The van der Waals surface area contributed by atoms with Gasteiger partial charge in [0.2, 0.25) is 0 Å². The highest BCUT2D eigenvalue weighted by Crippen LogP contribution is 2.37. The van der Waals surface area contributed by atoms with Gasteiger partial charge in [0.1, 0.15) is 12.4 Å². The van der Waals surface area contributed by atoms with Gasteiger partial charge < -0.3 is 14.8 Å². The van der Waals surface area contributed by atoms with Gasteiger partial charge in [0.25, 0.3) is 0 Å². The van der Waals surface area contributed by atoms with E-state index < -0.39 is 0 Å².